The van der Waals surface area contributed by atoms with Gasteiger partial charge in [0.15, 0.2) is 11.5 Å². The Kier molecular flexibility index (Phi) is 4.79. The van der Waals surface area contributed by atoms with E-state index in [0.717, 1.165) is 43.0 Å². The highest BCUT2D eigenvalue weighted by Crippen LogP contribution is 2.36. The first kappa shape index (κ1) is 15.8. The van der Waals surface area contributed by atoms with Gasteiger partial charge >= 0.3 is 0 Å². The van der Waals surface area contributed by atoms with Gasteiger partial charge in [0.2, 0.25) is 0 Å². The lowest BCUT2D eigenvalue weighted by atomic mass is 9.91. The fraction of sp³-hybridized carbons (Fsp3) is 0.474. The van der Waals surface area contributed by atoms with Gasteiger partial charge in [-0.2, -0.15) is 0 Å². The van der Waals surface area contributed by atoms with Crippen LogP contribution in [-0.4, -0.2) is 23.7 Å². The number of methoxy groups -OCH3 is 1. The number of nitrogens with zero attached hydrogens (tertiary/aromatic N) is 2. The van der Waals surface area contributed by atoms with Crippen molar-refractivity contribution in [2.75, 3.05) is 13.7 Å². The predicted octanol–water partition coefficient (Wildman–Crippen LogP) is 3.54. The molecule has 122 valence electrons. The third kappa shape index (κ3) is 3.46. The maximum atomic E-state index is 5.99. The number of benzene rings is 1. The number of hydrogen-bond donors (Lipinski definition) is 0. The summed E-state index contributed by atoms with van der Waals surface area (Å²) >= 11 is 0. The summed E-state index contributed by atoms with van der Waals surface area (Å²) in [5.41, 5.74) is 3.68. The van der Waals surface area contributed by atoms with E-state index in [1.807, 2.05) is 25.3 Å². The normalized spacial score (nSPS) is 16.6. The molecule has 0 bridgehead atoms. The van der Waals surface area contributed by atoms with Crippen LogP contribution in [0.15, 0.2) is 24.4 Å². The van der Waals surface area contributed by atoms with Crippen molar-refractivity contribution in [1.29, 1.82) is 0 Å². The maximum Gasteiger partial charge on any atom is 0.164 e. The summed E-state index contributed by atoms with van der Waals surface area (Å²) in [6.45, 7) is 4.86. The second-order valence-electron chi connectivity index (χ2n) is 6.17. The van der Waals surface area contributed by atoms with E-state index in [9.17, 15) is 0 Å². The lowest BCUT2D eigenvalue weighted by Crippen LogP contribution is -2.24. The number of aromatic nitrogens is 2. The Labute approximate surface area is 137 Å². The summed E-state index contributed by atoms with van der Waals surface area (Å²) in [4.78, 5) is 9.04. The van der Waals surface area contributed by atoms with E-state index in [0.29, 0.717) is 12.5 Å². The van der Waals surface area contributed by atoms with Crippen LogP contribution in [0.5, 0.6) is 11.5 Å². The largest absolute Gasteiger partial charge is 0.493 e. The van der Waals surface area contributed by atoms with Gasteiger partial charge in [0.05, 0.1) is 13.7 Å². The highest BCUT2D eigenvalue weighted by Gasteiger charge is 2.24. The minimum absolute atomic E-state index is 0.444. The van der Waals surface area contributed by atoms with Crippen LogP contribution in [0, 0.1) is 12.8 Å². The topological polar surface area (TPSA) is 44.2 Å². The third-order valence-electron chi connectivity index (χ3n) is 4.33. The molecule has 0 saturated heterocycles. The van der Waals surface area contributed by atoms with Crippen molar-refractivity contribution in [3.63, 3.8) is 0 Å². The Morgan fingerprint density at radius 2 is 2.22 bits per heavy atom. The van der Waals surface area contributed by atoms with Crippen LogP contribution >= 0.6 is 0 Å². The molecule has 0 saturated carbocycles. The molecule has 0 aliphatic carbocycles. The van der Waals surface area contributed by atoms with E-state index in [-0.39, 0.29) is 0 Å². The first-order valence-corrected chi connectivity index (χ1v) is 8.31. The SMILES string of the molecule is CCCc1cnc(C)nc1C[C@H]1COc2c(cccc2OC)C1. The fourth-order valence-corrected chi connectivity index (χ4v) is 3.22. The first-order valence-electron chi connectivity index (χ1n) is 8.31. The lowest BCUT2D eigenvalue weighted by molar-refractivity contribution is 0.210. The zero-order chi connectivity index (χ0) is 16.2. The summed E-state index contributed by atoms with van der Waals surface area (Å²) in [6, 6.07) is 6.11. The number of hydrogen-bond acceptors (Lipinski definition) is 4. The molecule has 2 heterocycles. The van der Waals surface area contributed by atoms with Crippen LogP contribution in [0.4, 0.5) is 0 Å². The molecule has 0 N–H and O–H groups in total. The van der Waals surface area contributed by atoms with Gasteiger partial charge in [-0.05, 0) is 43.4 Å². The molecule has 1 aromatic carbocycles. The number of ether oxygens (including phenoxy) is 2. The Hall–Kier alpha value is -2.10. The minimum Gasteiger partial charge on any atom is -0.493 e. The van der Waals surface area contributed by atoms with Crippen LogP contribution in [0.25, 0.3) is 0 Å². The molecule has 0 radical (unpaired) electrons. The zero-order valence-electron chi connectivity index (χ0n) is 14.1. The molecule has 4 nitrogen and oxygen atoms in total. The molecular weight excluding hydrogens is 288 g/mol. The highest BCUT2D eigenvalue weighted by atomic mass is 16.5. The molecule has 1 aromatic heterocycles. The molecule has 0 amide bonds. The van der Waals surface area contributed by atoms with Gasteiger partial charge in [0.25, 0.3) is 0 Å². The maximum absolute atomic E-state index is 5.99. The van der Waals surface area contributed by atoms with Crippen LogP contribution < -0.4 is 9.47 Å². The van der Waals surface area contributed by atoms with Gasteiger partial charge in [0.1, 0.15) is 5.82 Å². The number of rotatable bonds is 5. The van der Waals surface area contributed by atoms with Gasteiger partial charge in [-0.25, -0.2) is 9.97 Å². The Balaban J connectivity index is 1.79. The molecule has 4 heteroatoms. The molecule has 0 fully saturated rings. The second kappa shape index (κ2) is 6.99. The summed E-state index contributed by atoms with van der Waals surface area (Å²) in [5.74, 6) is 3.02. The van der Waals surface area contributed by atoms with E-state index in [2.05, 4.69) is 23.0 Å². The third-order valence-corrected chi connectivity index (χ3v) is 4.33. The van der Waals surface area contributed by atoms with Gasteiger partial charge in [0, 0.05) is 17.8 Å². The first-order chi connectivity index (χ1) is 11.2. The van der Waals surface area contributed by atoms with Crippen molar-refractivity contribution in [2.24, 2.45) is 5.92 Å². The molecule has 2 aromatic rings. The van der Waals surface area contributed by atoms with Gasteiger partial charge < -0.3 is 9.47 Å². The van der Waals surface area contributed by atoms with E-state index < -0.39 is 0 Å². The standard InChI is InChI=1S/C19H24N2O2/c1-4-6-16-11-20-13(2)21-17(16)10-14-9-15-7-5-8-18(22-3)19(15)23-12-14/h5,7-8,11,14H,4,6,9-10,12H2,1-3H3/t14-/m0/s1. The smallest absolute Gasteiger partial charge is 0.164 e. The number of aryl methyl sites for hydroxylation is 2. The van der Waals surface area contributed by atoms with E-state index in [4.69, 9.17) is 9.47 Å². The fourth-order valence-electron chi connectivity index (χ4n) is 3.22. The Bertz CT molecular complexity index is 685. The molecule has 0 spiro atoms. The molecule has 1 atom stereocenters. The van der Waals surface area contributed by atoms with E-state index >= 15 is 0 Å². The molecule has 1 aliphatic rings. The van der Waals surface area contributed by atoms with E-state index in [1.165, 1.54) is 16.8 Å². The summed E-state index contributed by atoms with van der Waals surface area (Å²) < 4.78 is 11.4. The minimum atomic E-state index is 0.444. The predicted molar refractivity (Wildman–Crippen MR) is 90.2 cm³/mol. The summed E-state index contributed by atoms with van der Waals surface area (Å²) in [7, 11) is 1.69. The lowest BCUT2D eigenvalue weighted by Gasteiger charge is -2.26. The number of para-hydroxylation sites is 1. The van der Waals surface area contributed by atoms with Crippen LogP contribution in [0.1, 0.15) is 36.0 Å². The number of fused-ring (bicyclic) bond motifs is 1. The van der Waals surface area contributed by atoms with E-state index in [1.54, 1.807) is 7.11 Å². The summed E-state index contributed by atoms with van der Waals surface area (Å²) in [5, 5.41) is 0. The molecule has 3 rings (SSSR count). The average molecular weight is 312 g/mol. The van der Waals surface area contributed by atoms with Crippen LogP contribution in [0.3, 0.4) is 0 Å². The van der Waals surface area contributed by atoms with Crippen molar-refractivity contribution in [2.45, 2.75) is 39.5 Å². The summed E-state index contributed by atoms with van der Waals surface area (Å²) in [6.07, 6.45) is 6.08. The van der Waals surface area contributed by atoms with Crippen molar-refractivity contribution in [3.8, 4) is 11.5 Å². The molecule has 0 unspecified atom stereocenters. The molecular formula is C19H24N2O2. The van der Waals surface area contributed by atoms with Gasteiger partial charge in [-0.15, -0.1) is 0 Å². The molecule has 23 heavy (non-hydrogen) atoms. The Morgan fingerprint density at radius 3 is 3.00 bits per heavy atom. The molecule has 1 aliphatic heterocycles. The van der Waals surface area contributed by atoms with Crippen molar-refractivity contribution in [1.82, 2.24) is 9.97 Å². The van der Waals surface area contributed by atoms with Crippen LogP contribution in [0.2, 0.25) is 0 Å². The average Bonchev–Trinajstić information content (AvgIpc) is 2.56. The Morgan fingerprint density at radius 1 is 1.35 bits per heavy atom. The van der Waals surface area contributed by atoms with Crippen LogP contribution in [-0.2, 0) is 19.3 Å². The highest BCUT2D eigenvalue weighted by molar-refractivity contribution is 5.47. The van der Waals surface area contributed by atoms with Crippen molar-refractivity contribution in [3.05, 3.63) is 47.0 Å². The van der Waals surface area contributed by atoms with Gasteiger partial charge in [-0.3, -0.25) is 0 Å². The zero-order valence-corrected chi connectivity index (χ0v) is 14.1. The van der Waals surface area contributed by atoms with Gasteiger partial charge in [-0.1, -0.05) is 25.5 Å². The monoisotopic (exact) mass is 312 g/mol. The quantitative estimate of drug-likeness (QED) is 0.847. The van der Waals surface area contributed by atoms with Crippen molar-refractivity contribution >= 4 is 0 Å². The van der Waals surface area contributed by atoms with Crippen molar-refractivity contribution < 1.29 is 9.47 Å². The second-order valence-corrected chi connectivity index (χ2v) is 6.17.